The zero-order chi connectivity index (χ0) is 27.8. The molecule has 1 saturated heterocycles. The number of hydrogen-bond acceptors (Lipinski definition) is 6. The van der Waals surface area contributed by atoms with Gasteiger partial charge in [-0.25, -0.2) is 9.29 Å². The van der Waals surface area contributed by atoms with Crippen LogP contribution >= 0.6 is 11.6 Å². The maximum Gasteiger partial charge on any atom is 0.312 e. The summed E-state index contributed by atoms with van der Waals surface area (Å²) in [6.07, 6.45) is 0.0425. The van der Waals surface area contributed by atoms with Crippen molar-refractivity contribution in [2.24, 2.45) is 5.41 Å². The van der Waals surface area contributed by atoms with Crippen molar-refractivity contribution in [2.75, 3.05) is 6.73 Å². The summed E-state index contributed by atoms with van der Waals surface area (Å²) in [5.41, 5.74) is -0.0477. The third kappa shape index (κ3) is 5.40. The molecular weight excluding hydrogens is 517 g/mol. The fourth-order valence-electron chi connectivity index (χ4n) is 4.27. The first-order valence-corrected chi connectivity index (χ1v) is 12.4. The fourth-order valence-corrected chi connectivity index (χ4v) is 4.40. The summed E-state index contributed by atoms with van der Waals surface area (Å²) in [5.74, 6) is -3.37. The monoisotopic (exact) mass is 543 g/mol. The van der Waals surface area contributed by atoms with Crippen molar-refractivity contribution in [1.29, 1.82) is 0 Å². The molecule has 1 atom stereocenters. The van der Waals surface area contributed by atoms with Crippen molar-refractivity contribution < 1.29 is 33.1 Å². The number of hydrogen-bond donors (Lipinski definition) is 1. The van der Waals surface area contributed by atoms with Gasteiger partial charge in [0, 0.05) is 40.2 Å². The van der Waals surface area contributed by atoms with Crippen LogP contribution in [0.15, 0.2) is 36.4 Å². The molecule has 4 rings (SSSR count). The van der Waals surface area contributed by atoms with E-state index in [-0.39, 0.29) is 42.6 Å². The van der Waals surface area contributed by atoms with Gasteiger partial charge in [0.2, 0.25) is 5.91 Å². The maximum absolute atomic E-state index is 15.4. The Kier molecular flexibility index (Phi) is 7.55. The smallest absolute Gasteiger partial charge is 0.312 e. The minimum Gasteiger partial charge on any atom is -0.443 e. The lowest BCUT2D eigenvalue weighted by molar-refractivity contribution is -0.168. The predicted molar refractivity (Wildman–Crippen MR) is 134 cm³/mol. The molecule has 0 radical (unpaired) electrons. The van der Waals surface area contributed by atoms with Gasteiger partial charge in [-0.15, -0.1) is 0 Å². The molecule has 2 aromatic carbocycles. The Morgan fingerprint density at radius 2 is 1.79 bits per heavy atom. The molecule has 0 aromatic heterocycles. The quantitative estimate of drug-likeness (QED) is 0.441. The molecule has 2 aromatic rings. The van der Waals surface area contributed by atoms with Gasteiger partial charge in [0.05, 0.1) is 12.0 Å². The molecule has 0 spiro atoms. The molecule has 2 aliphatic rings. The lowest BCUT2D eigenvalue weighted by atomic mass is 9.97. The lowest BCUT2D eigenvalue weighted by Crippen LogP contribution is -2.55. The summed E-state index contributed by atoms with van der Waals surface area (Å²) in [6, 6.07) is 8.12. The van der Waals surface area contributed by atoms with Gasteiger partial charge >= 0.3 is 5.97 Å². The van der Waals surface area contributed by atoms with Gasteiger partial charge < -0.3 is 15.0 Å². The number of fused-ring (bicyclic) bond motifs is 1. The fraction of sp³-hybridized carbons (Fsp3) is 0.370. The van der Waals surface area contributed by atoms with E-state index >= 15 is 4.39 Å². The van der Waals surface area contributed by atoms with Gasteiger partial charge in [0.25, 0.3) is 17.7 Å². The Morgan fingerprint density at radius 3 is 2.45 bits per heavy atom. The number of halogens is 2. The Balaban J connectivity index is 1.46. The molecule has 0 aliphatic carbocycles. The number of nitrogens with zero attached hydrogens (tertiary/aromatic N) is 2. The number of benzene rings is 2. The zero-order valence-corrected chi connectivity index (χ0v) is 21.9. The first-order chi connectivity index (χ1) is 17.9. The van der Waals surface area contributed by atoms with Gasteiger partial charge in [0.1, 0.15) is 11.9 Å². The summed E-state index contributed by atoms with van der Waals surface area (Å²) in [4.78, 5) is 65.2. The van der Waals surface area contributed by atoms with Gasteiger partial charge in [-0.2, -0.15) is 0 Å². The Bertz CT molecular complexity index is 1320. The summed E-state index contributed by atoms with van der Waals surface area (Å²) in [7, 11) is 0. The number of ether oxygens (including phenoxy) is 1. The minimum atomic E-state index is -1.01. The van der Waals surface area contributed by atoms with Crippen molar-refractivity contribution in [3.05, 3.63) is 69.5 Å². The van der Waals surface area contributed by atoms with E-state index < -0.39 is 53.6 Å². The average Bonchev–Trinajstić information content (AvgIpc) is 3.20. The van der Waals surface area contributed by atoms with E-state index in [4.69, 9.17) is 16.3 Å². The molecule has 1 fully saturated rings. The van der Waals surface area contributed by atoms with Gasteiger partial charge in [-0.1, -0.05) is 17.7 Å². The summed E-state index contributed by atoms with van der Waals surface area (Å²) in [5, 5.41) is 3.13. The second-order valence-corrected chi connectivity index (χ2v) is 10.6. The molecule has 11 heteroatoms. The number of amides is 4. The highest BCUT2D eigenvalue weighted by molar-refractivity contribution is 6.30. The van der Waals surface area contributed by atoms with Crippen molar-refractivity contribution >= 4 is 41.2 Å². The highest BCUT2D eigenvalue weighted by atomic mass is 35.5. The molecule has 1 unspecified atom stereocenters. The number of carbonyl (C=O) groups is 5. The summed E-state index contributed by atoms with van der Waals surface area (Å²) in [6.45, 7) is 4.10. The third-order valence-corrected chi connectivity index (χ3v) is 6.74. The number of esters is 1. The van der Waals surface area contributed by atoms with Crippen LogP contribution < -0.4 is 5.32 Å². The summed E-state index contributed by atoms with van der Waals surface area (Å²) < 4.78 is 20.5. The Labute approximate surface area is 223 Å². The highest BCUT2D eigenvalue weighted by Crippen LogP contribution is 2.32. The largest absolute Gasteiger partial charge is 0.443 e. The van der Waals surface area contributed by atoms with Crippen LogP contribution in [0.4, 0.5) is 4.39 Å². The maximum atomic E-state index is 15.4. The number of likely N-dealkylation sites (tertiary alicyclic amines) is 1. The molecule has 2 aliphatic heterocycles. The van der Waals surface area contributed by atoms with Crippen LogP contribution in [0.1, 0.15) is 65.5 Å². The second kappa shape index (κ2) is 10.5. The van der Waals surface area contributed by atoms with Crippen LogP contribution in [0.3, 0.4) is 0 Å². The molecule has 1 N–H and O–H groups in total. The van der Waals surface area contributed by atoms with E-state index in [2.05, 4.69) is 5.32 Å². The van der Waals surface area contributed by atoms with E-state index in [0.29, 0.717) is 10.6 Å². The second-order valence-electron chi connectivity index (χ2n) is 10.2. The summed E-state index contributed by atoms with van der Waals surface area (Å²) >= 11 is 5.84. The highest BCUT2D eigenvalue weighted by Gasteiger charge is 2.44. The van der Waals surface area contributed by atoms with Crippen LogP contribution in [0.5, 0.6) is 0 Å². The molecule has 0 bridgehead atoms. The first-order valence-electron chi connectivity index (χ1n) is 12.0. The van der Waals surface area contributed by atoms with E-state index in [1.165, 1.54) is 17.0 Å². The number of imide groups is 1. The van der Waals surface area contributed by atoms with Crippen LogP contribution in [0, 0.1) is 11.2 Å². The normalized spacial score (nSPS) is 17.5. The molecule has 4 amide bonds. The first kappa shape index (κ1) is 27.3. The topological polar surface area (TPSA) is 113 Å². The Hall–Kier alpha value is -3.79. The van der Waals surface area contributed by atoms with Crippen molar-refractivity contribution in [3.63, 3.8) is 0 Å². The molecule has 9 nitrogen and oxygen atoms in total. The Morgan fingerprint density at radius 1 is 1.11 bits per heavy atom. The lowest BCUT2D eigenvalue weighted by Gasteiger charge is -2.35. The van der Waals surface area contributed by atoms with Crippen molar-refractivity contribution in [2.45, 2.75) is 52.7 Å². The van der Waals surface area contributed by atoms with Gasteiger partial charge in [0.15, 0.2) is 6.73 Å². The molecular formula is C27H27ClFN3O6. The molecule has 2 heterocycles. The van der Waals surface area contributed by atoms with E-state index in [0.717, 1.165) is 4.90 Å². The number of rotatable bonds is 6. The molecule has 38 heavy (non-hydrogen) atoms. The van der Waals surface area contributed by atoms with Crippen LogP contribution in [0.2, 0.25) is 5.02 Å². The number of nitrogens with one attached hydrogen (secondary N) is 1. The van der Waals surface area contributed by atoms with Crippen molar-refractivity contribution in [1.82, 2.24) is 15.1 Å². The number of piperidine rings is 1. The van der Waals surface area contributed by atoms with Crippen molar-refractivity contribution in [3.8, 4) is 0 Å². The van der Waals surface area contributed by atoms with Gasteiger partial charge in [-0.05, 0) is 57.5 Å². The number of carbonyl (C=O) groups excluding carboxylic acids is 5. The minimum absolute atomic E-state index is 0.0337. The predicted octanol–water partition coefficient (Wildman–Crippen LogP) is 3.43. The van der Waals surface area contributed by atoms with E-state index in [9.17, 15) is 24.0 Å². The third-order valence-electron chi connectivity index (χ3n) is 6.49. The van der Waals surface area contributed by atoms with E-state index in [1.54, 1.807) is 45.0 Å². The van der Waals surface area contributed by atoms with Crippen LogP contribution in [-0.2, 0) is 32.2 Å². The molecule has 0 saturated carbocycles. The van der Waals surface area contributed by atoms with Crippen LogP contribution in [0.25, 0.3) is 0 Å². The van der Waals surface area contributed by atoms with E-state index in [1.807, 2.05) is 0 Å². The molecule has 200 valence electrons. The zero-order valence-electron chi connectivity index (χ0n) is 21.2. The SMILES string of the molecule is CC(C)(C)C(=O)OCN1C(=O)CCC(N2Cc3c(ccc(CNC(=O)c4ccc(Cl)cc4)c3F)C2=O)C1=O. The average molecular weight is 544 g/mol. The van der Waals surface area contributed by atoms with Crippen LogP contribution in [-0.4, -0.2) is 52.2 Å². The van der Waals surface area contributed by atoms with Gasteiger partial charge in [-0.3, -0.25) is 24.0 Å². The standard InChI is InChI=1S/C27H27ClFN3O6/c1-27(2,3)26(37)38-14-32-21(33)11-10-20(25(32)36)31-13-19-18(24(31)35)9-6-16(22(19)29)12-30-23(34)15-4-7-17(28)8-5-15/h4-9,20H,10-14H2,1-3H3,(H,30,34).